The summed E-state index contributed by atoms with van der Waals surface area (Å²) in [6.07, 6.45) is 4.94. The largest absolute Gasteiger partial charge is 0.333 e. The maximum atomic E-state index is 4.46. The molecule has 0 spiro atoms. The summed E-state index contributed by atoms with van der Waals surface area (Å²) in [5.74, 6) is 0. The number of aryl methyl sites for hydroxylation is 3. The Morgan fingerprint density at radius 1 is 1.31 bits per heavy atom. The minimum absolute atomic E-state index is 0.805. The van der Waals surface area contributed by atoms with E-state index in [4.69, 9.17) is 0 Å². The predicted octanol–water partition coefficient (Wildman–Crippen LogP) is 2.15. The van der Waals surface area contributed by atoms with Crippen molar-refractivity contribution in [3.8, 4) is 0 Å². The van der Waals surface area contributed by atoms with E-state index in [2.05, 4.69) is 34.6 Å². The summed E-state index contributed by atoms with van der Waals surface area (Å²) in [5.41, 5.74) is 3.48. The highest BCUT2D eigenvalue weighted by Crippen LogP contribution is 2.07. The smallest absolute Gasteiger partial charge is 0.0948 e. The van der Waals surface area contributed by atoms with Crippen LogP contribution in [0.4, 0.5) is 0 Å². The van der Waals surface area contributed by atoms with Gasteiger partial charge in [-0.2, -0.15) is 5.10 Å². The summed E-state index contributed by atoms with van der Waals surface area (Å²) < 4.78 is 4.22. The predicted molar refractivity (Wildman–Crippen MR) is 63.3 cm³/mol. The molecule has 4 nitrogen and oxygen atoms in total. The molecule has 0 aliphatic heterocycles. The first kappa shape index (κ1) is 10.9. The third kappa shape index (κ3) is 2.15. The number of aromatic nitrogens is 4. The summed E-state index contributed by atoms with van der Waals surface area (Å²) >= 11 is 0. The molecule has 0 aliphatic carbocycles. The number of nitrogens with zero attached hydrogens (tertiary/aromatic N) is 4. The molecule has 0 radical (unpaired) electrons. The molecule has 0 saturated heterocycles. The van der Waals surface area contributed by atoms with Gasteiger partial charge in [-0.1, -0.05) is 6.92 Å². The van der Waals surface area contributed by atoms with Gasteiger partial charge in [0.25, 0.3) is 0 Å². The lowest BCUT2D eigenvalue weighted by atomic mass is 10.4. The molecule has 4 heteroatoms. The summed E-state index contributed by atoms with van der Waals surface area (Å²) in [4.78, 5) is 4.20. The van der Waals surface area contributed by atoms with Gasteiger partial charge in [0.15, 0.2) is 0 Å². The molecule has 0 unspecified atom stereocenters. The number of rotatable bonds is 4. The fourth-order valence-electron chi connectivity index (χ4n) is 1.91. The van der Waals surface area contributed by atoms with E-state index in [1.54, 1.807) is 0 Å². The first-order chi connectivity index (χ1) is 7.70. The van der Waals surface area contributed by atoms with E-state index in [1.807, 2.05) is 24.1 Å². The highest BCUT2D eigenvalue weighted by Gasteiger charge is 2.05. The Morgan fingerprint density at radius 2 is 2.12 bits per heavy atom. The van der Waals surface area contributed by atoms with E-state index < -0.39 is 0 Å². The summed E-state index contributed by atoms with van der Waals surface area (Å²) in [6, 6.07) is 2.10. The van der Waals surface area contributed by atoms with Crippen molar-refractivity contribution < 1.29 is 0 Å². The van der Waals surface area contributed by atoms with Crippen molar-refractivity contribution in [3.63, 3.8) is 0 Å². The van der Waals surface area contributed by atoms with Crippen molar-refractivity contribution in [2.45, 2.75) is 40.3 Å². The Bertz CT molecular complexity index is 467. The van der Waals surface area contributed by atoms with Gasteiger partial charge >= 0.3 is 0 Å². The molecule has 86 valence electrons. The fraction of sp³-hybridized carbons (Fsp3) is 0.500. The zero-order chi connectivity index (χ0) is 11.5. The molecular weight excluding hydrogens is 200 g/mol. The fourth-order valence-corrected chi connectivity index (χ4v) is 1.91. The standard InChI is InChI=1S/C12H18N4/c1-4-5-15-9-13-7-12(15)8-16-11(3)6-10(2)14-16/h6-7,9H,4-5,8H2,1-3H3. The number of hydrogen-bond acceptors (Lipinski definition) is 2. The zero-order valence-electron chi connectivity index (χ0n) is 10.1. The minimum Gasteiger partial charge on any atom is -0.333 e. The van der Waals surface area contributed by atoms with Crippen LogP contribution >= 0.6 is 0 Å². The van der Waals surface area contributed by atoms with Crippen molar-refractivity contribution >= 4 is 0 Å². The second-order valence-electron chi connectivity index (χ2n) is 4.16. The van der Waals surface area contributed by atoms with E-state index in [0.717, 1.165) is 25.2 Å². The van der Waals surface area contributed by atoms with Crippen molar-refractivity contribution in [2.24, 2.45) is 0 Å². The van der Waals surface area contributed by atoms with Gasteiger partial charge in [-0.05, 0) is 26.3 Å². The van der Waals surface area contributed by atoms with E-state index >= 15 is 0 Å². The lowest BCUT2D eigenvalue weighted by Gasteiger charge is -2.07. The van der Waals surface area contributed by atoms with Crippen molar-refractivity contribution in [1.82, 2.24) is 19.3 Å². The van der Waals surface area contributed by atoms with Crippen LogP contribution in [0.3, 0.4) is 0 Å². The van der Waals surface area contributed by atoms with Gasteiger partial charge in [0.2, 0.25) is 0 Å². The third-order valence-electron chi connectivity index (χ3n) is 2.68. The molecule has 0 aliphatic rings. The van der Waals surface area contributed by atoms with Crippen molar-refractivity contribution in [1.29, 1.82) is 0 Å². The maximum Gasteiger partial charge on any atom is 0.0948 e. The highest BCUT2D eigenvalue weighted by atomic mass is 15.3. The average molecular weight is 218 g/mol. The van der Waals surface area contributed by atoms with Crippen LogP contribution in [0, 0.1) is 13.8 Å². The normalized spacial score (nSPS) is 10.9. The van der Waals surface area contributed by atoms with Crippen molar-refractivity contribution in [3.05, 3.63) is 35.7 Å². The molecule has 2 heterocycles. The van der Waals surface area contributed by atoms with Crippen molar-refractivity contribution in [2.75, 3.05) is 0 Å². The molecule has 0 atom stereocenters. The Morgan fingerprint density at radius 3 is 2.75 bits per heavy atom. The summed E-state index contributed by atoms with van der Waals surface area (Å²) in [7, 11) is 0. The van der Waals surface area contributed by atoms with Gasteiger partial charge in [-0.25, -0.2) is 4.98 Å². The third-order valence-corrected chi connectivity index (χ3v) is 2.68. The molecular formula is C12H18N4. The van der Waals surface area contributed by atoms with Crippen LogP contribution in [0.25, 0.3) is 0 Å². The average Bonchev–Trinajstić information content (AvgIpc) is 2.77. The van der Waals surface area contributed by atoms with E-state index in [-0.39, 0.29) is 0 Å². The molecule has 2 rings (SSSR count). The molecule has 0 aromatic carbocycles. The Balaban J connectivity index is 2.20. The maximum absolute atomic E-state index is 4.46. The van der Waals surface area contributed by atoms with Gasteiger partial charge in [0, 0.05) is 12.2 Å². The van der Waals surface area contributed by atoms with E-state index in [9.17, 15) is 0 Å². The quantitative estimate of drug-likeness (QED) is 0.788. The molecule has 0 saturated carbocycles. The zero-order valence-corrected chi connectivity index (χ0v) is 10.1. The van der Waals surface area contributed by atoms with E-state index in [0.29, 0.717) is 0 Å². The molecule has 0 fully saturated rings. The summed E-state index contributed by atoms with van der Waals surface area (Å²) in [6.45, 7) is 8.11. The van der Waals surface area contributed by atoms with Crippen LogP contribution in [0.2, 0.25) is 0 Å². The Kier molecular flexibility index (Phi) is 3.08. The second kappa shape index (κ2) is 4.51. The lowest BCUT2D eigenvalue weighted by Crippen LogP contribution is -2.09. The van der Waals surface area contributed by atoms with E-state index in [1.165, 1.54) is 11.4 Å². The molecule has 2 aromatic heterocycles. The van der Waals surface area contributed by atoms with Crippen LogP contribution in [0.1, 0.15) is 30.4 Å². The molecule has 0 N–H and O–H groups in total. The van der Waals surface area contributed by atoms with Gasteiger partial charge in [0.1, 0.15) is 0 Å². The van der Waals surface area contributed by atoms with Gasteiger partial charge in [-0.3, -0.25) is 4.68 Å². The van der Waals surface area contributed by atoms with Crippen LogP contribution < -0.4 is 0 Å². The number of hydrogen-bond donors (Lipinski definition) is 0. The van der Waals surface area contributed by atoms with Crippen LogP contribution in [-0.4, -0.2) is 19.3 Å². The molecule has 2 aromatic rings. The van der Waals surface area contributed by atoms with Crippen LogP contribution in [0.15, 0.2) is 18.6 Å². The van der Waals surface area contributed by atoms with Gasteiger partial charge in [-0.15, -0.1) is 0 Å². The first-order valence-electron chi connectivity index (χ1n) is 5.70. The SMILES string of the molecule is CCCn1cncc1Cn1nc(C)cc1C. The molecule has 16 heavy (non-hydrogen) atoms. The van der Waals surface area contributed by atoms with Gasteiger partial charge < -0.3 is 4.57 Å². The molecule has 0 amide bonds. The lowest BCUT2D eigenvalue weighted by molar-refractivity contribution is 0.586. The topological polar surface area (TPSA) is 35.6 Å². The Labute approximate surface area is 95.9 Å². The second-order valence-corrected chi connectivity index (χ2v) is 4.16. The minimum atomic E-state index is 0.805. The Hall–Kier alpha value is -1.58. The van der Waals surface area contributed by atoms with Crippen LogP contribution in [0.5, 0.6) is 0 Å². The highest BCUT2D eigenvalue weighted by molar-refractivity contribution is 5.09. The number of imidazole rings is 1. The molecule has 0 bridgehead atoms. The summed E-state index contributed by atoms with van der Waals surface area (Å²) in [5, 5.41) is 4.46. The first-order valence-corrected chi connectivity index (χ1v) is 5.70. The van der Waals surface area contributed by atoms with Crippen LogP contribution in [-0.2, 0) is 13.1 Å². The monoisotopic (exact) mass is 218 g/mol. The van der Waals surface area contributed by atoms with Gasteiger partial charge in [0.05, 0.1) is 30.5 Å².